The maximum Gasteiger partial charge on any atom is 0.277 e. The van der Waals surface area contributed by atoms with E-state index in [9.17, 15) is 4.79 Å². The number of benzene rings is 1. The van der Waals surface area contributed by atoms with Crippen LogP contribution in [0.25, 0.3) is 11.5 Å². The minimum absolute atomic E-state index is 0.0564. The molecule has 5 nitrogen and oxygen atoms in total. The first-order valence-corrected chi connectivity index (χ1v) is 9.97. The molecule has 0 radical (unpaired) electrons. The molecule has 0 saturated heterocycles. The molecular weight excluding hydrogens is 390 g/mol. The van der Waals surface area contributed by atoms with Crippen molar-refractivity contribution in [3.05, 3.63) is 28.7 Å². The van der Waals surface area contributed by atoms with E-state index in [1.165, 1.54) is 31.0 Å². The van der Waals surface area contributed by atoms with E-state index in [0.29, 0.717) is 28.8 Å². The van der Waals surface area contributed by atoms with Crippen molar-refractivity contribution in [3.63, 3.8) is 0 Å². The fourth-order valence-electron chi connectivity index (χ4n) is 3.77. The zero-order valence-corrected chi connectivity index (χ0v) is 15.5. The van der Waals surface area contributed by atoms with Crippen molar-refractivity contribution in [1.29, 1.82) is 0 Å². The first-order chi connectivity index (χ1) is 11.7. The predicted octanol–water partition coefficient (Wildman–Crippen LogP) is 3.90. The van der Waals surface area contributed by atoms with Gasteiger partial charge in [0.2, 0.25) is 11.8 Å². The number of aromatic nitrogens is 2. The molecule has 2 fully saturated rings. The fourth-order valence-corrected chi connectivity index (χ4v) is 4.61. The molecule has 4 rings (SSSR count). The Morgan fingerprint density at radius 2 is 2.08 bits per heavy atom. The maximum absolute atomic E-state index is 12.1. The molecule has 1 aromatic carbocycles. The van der Waals surface area contributed by atoms with Crippen LogP contribution in [0.4, 0.5) is 0 Å². The van der Waals surface area contributed by atoms with Gasteiger partial charge in [-0.15, -0.1) is 10.2 Å². The highest BCUT2D eigenvalue weighted by atomic mass is 79.9. The zero-order chi connectivity index (χ0) is 16.5. The van der Waals surface area contributed by atoms with Crippen LogP contribution >= 0.6 is 27.7 Å². The summed E-state index contributed by atoms with van der Waals surface area (Å²) < 4.78 is 6.62. The van der Waals surface area contributed by atoms with Gasteiger partial charge in [0.25, 0.3) is 5.22 Å². The lowest BCUT2D eigenvalue weighted by atomic mass is 9.95. The van der Waals surface area contributed by atoms with Crippen molar-refractivity contribution in [1.82, 2.24) is 15.5 Å². The summed E-state index contributed by atoms with van der Waals surface area (Å²) >= 11 is 4.69. The minimum Gasteiger partial charge on any atom is -0.411 e. The van der Waals surface area contributed by atoms with Gasteiger partial charge in [0.05, 0.1) is 5.75 Å². The number of carbonyl (C=O) groups excluding carboxylic acids is 1. The highest BCUT2D eigenvalue weighted by Gasteiger charge is 2.40. The fraction of sp³-hybridized carbons (Fsp3) is 0.471. The second-order valence-electron chi connectivity index (χ2n) is 6.52. The Hall–Kier alpha value is -1.34. The van der Waals surface area contributed by atoms with Gasteiger partial charge >= 0.3 is 0 Å². The number of hydrogen-bond donors (Lipinski definition) is 1. The summed E-state index contributed by atoms with van der Waals surface area (Å²) in [4.78, 5) is 12.1. The number of halogens is 1. The molecule has 7 heteroatoms. The summed E-state index contributed by atoms with van der Waals surface area (Å²) in [5.41, 5.74) is 0.865. The monoisotopic (exact) mass is 407 g/mol. The molecule has 24 heavy (non-hydrogen) atoms. The van der Waals surface area contributed by atoms with Crippen LogP contribution in [0.15, 0.2) is 38.4 Å². The van der Waals surface area contributed by atoms with Gasteiger partial charge < -0.3 is 9.73 Å². The van der Waals surface area contributed by atoms with E-state index >= 15 is 0 Å². The van der Waals surface area contributed by atoms with Crippen LogP contribution in [-0.2, 0) is 4.79 Å². The number of amides is 1. The highest BCUT2D eigenvalue weighted by molar-refractivity contribution is 9.10. The van der Waals surface area contributed by atoms with E-state index < -0.39 is 0 Å². The zero-order valence-electron chi connectivity index (χ0n) is 13.1. The predicted molar refractivity (Wildman–Crippen MR) is 95.5 cm³/mol. The number of nitrogens with zero attached hydrogens (tertiary/aromatic N) is 2. The van der Waals surface area contributed by atoms with Crippen LogP contribution in [0, 0.1) is 11.8 Å². The molecule has 126 valence electrons. The van der Waals surface area contributed by atoms with Crippen molar-refractivity contribution >= 4 is 33.6 Å². The Bertz CT molecular complexity index is 734. The number of nitrogens with one attached hydrogen (secondary N) is 1. The Kier molecular flexibility index (Phi) is 4.63. The molecule has 3 atom stereocenters. The van der Waals surface area contributed by atoms with E-state index in [1.54, 1.807) is 0 Å². The lowest BCUT2D eigenvalue weighted by Crippen LogP contribution is -2.39. The molecule has 1 amide bonds. The van der Waals surface area contributed by atoms with Crippen LogP contribution in [-0.4, -0.2) is 27.9 Å². The molecule has 2 aliphatic carbocycles. The smallest absolute Gasteiger partial charge is 0.277 e. The summed E-state index contributed by atoms with van der Waals surface area (Å²) in [7, 11) is 0. The molecule has 0 unspecified atom stereocenters. The van der Waals surface area contributed by atoms with E-state index in [0.717, 1.165) is 22.4 Å². The van der Waals surface area contributed by atoms with Crippen LogP contribution in [0.5, 0.6) is 0 Å². The second kappa shape index (κ2) is 6.88. The van der Waals surface area contributed by atoms with Crippen molar-refractivity contribution in [3.8, 4) is 11.5 Å². The van der Waals surface area contributed by atoms with Gasteiger partial charge in [-0.2, -0.15) is 0 Å². The number of hydrogen-bond acceptors (Lipinski definition) is 5. The summed E-state index contributed by atoms with van der Waals surface area (Å²) in [6, 6.07) is 8.05. The van der Waals surface area contributed by atoms with Crippen LogP contribution in [0.2, 0.25) is 0 Å². The number of fused-ring (bicyclic) bond motifs is 2. The third kappa shape index (κ3) is 3.52. The van der Waals surface area contributed by atoms with Gasteiger partial charge in [-0.1, -0.05) is 34.1 Å². The van der Waals surface area contributed by atoms with Gasteiger partial charge in [0.15, 0.2) is 0 Å². The molecule has 2 aromatic rings. The normalized spacial score (nSPS) is 25.1. The van der Waals surface area contributed by atoms with Crippen molar-refractivity contribution < 1.29 is 9.21 Å². The number of carbonyl (C=O) groups is 1. The molecule has 2 bridgehead atoms. The van der Waals surface area contributed by atoms with E-state index in [1.807, 2.05) is 24.3 Å². The van der Waals surface area contributed by atoms with Gasteiger partial charge in [-0.3, -0.25) is 4.79 Å². The standard InChI is InChI=1S/C17H18BrN3O2S/c18-13-5-3-11(4-6-13)16-20-21-17(23-16)24-9-15(22)19-14-8-10-1-2-12(14)7-10/h3-6,10,12,14H,1-2,7-9H2,(H,19,22)/t10-,12-,14-/m1/s1. The number of thioether (sulfide) groups is 1. The lowest BCUT2D eigenvalue weighted by molar-refractivity contribution is -0.119. The summed E-state index contributed by atoms with van der Waals surface area (Å²) in [6.45, 7) is 0. The van der Waals surface area contributed by atoms with Gasteiger partial charge in [-0.25, -0.2) is 0 Å². The first kappa shape index (κ1) is 16.1. The topological polar surface area (TPSA) is 68.0 Å². The van der Waals surface area contributed by atoms with Crippen molar-refractivity contribution in [2.75, 3.05) is 5.75 Å². The third-order valence-electron chi connectivity index (χ3n) is 4.91. The van der Waals surface area contributed by atoms with E-state index in [4.69, 9.17) is 4.42 Å². The van der Waals surface area contributed by atoms with Gasteiger partial charge in [0, 0.05) is 16.1 Å². The van der Waals surface area contributed by atoms with Gasteiger partial charge in [0.1, 0.15) is 0 Å². The third-order valence-corrected chi connectivity index (χ3v) is 6.26. The van der Waals surface area contributed by atoms with Crippen LogP contribution in [0.1, 0.15) is 25.7 Å². The van der Waals surface area contributed by atoms with Crippen LogP contribution < -0.4 is 5.32 Å². The summed E-state index contributed by atoms with van der Waals surface area (Å²) in [5, 5.41) is 11.7. The minimum atomic E-state index is 0.0564. The molecule has 2 aliphatic rings. The maximum atomic E-state index is 12.1. The lowest BCUT2D eigenvalue weighted by Gasteiger charge is -2.22. The number of rotatable bonds is 5. The molecule has 1 heterocycles. The van der Waals surface area contributed by atoms with Crippen molar-refractivity contribution in [2.24, 2.45) is 11.8 Å². The summed E-state index contributed by atoms with van der Waals surface area (Å²) in [6.07, 6.45) is 5.04. The quantitative estimate of drug-likeness (QED) is 0.761. The molecular formula is C17H18BrN3O2S. The Labute approximate surface area is 153 Å². The van der Waals surface area contributed by atoms with Gasteiger partial charge in [-0.05, 0) is 55.4 Å². The molecule has 2 saturated carbocycles. The van der Waals surface area contributed by atoms with Crippen molar-refractivity contribution in [2.45, 2.75) is 36.9 Å². The molecule has 0 spiro atoms. The second-order valence-corrected chi connectivity index (χ2v) is 8.36. The first-order valence-electron chi connectivity index (χ1n) is 8.19. The summed E-state index contributed by atoms with van der Waals surface area (Å²) in [5.74, 6) is 2.36. The Morgan fingerprint density at radius 1 is 1.25 bits per heavy atom. The molecule has 1 aromatic heterocycles. The average Bonchev–Trinajstić information content (AvgIpc) is 3.30. The molecule has 1 N–H and O–H groups in total. The SMILES string of the molecule is O=C(CSc1nnc(-c2ccc(Br)cc2)o1)N[C@@H]1C[C@@H]2CC[C@@H]1C2. The van der Waals surface area contributed by atoms with E-state index in [-0.39, 0.29) is 5.91 Å². The molecule has 0 aliphatic heterocycles. The van der Waals surface area contributed by atoms with E-state index in [2.05, 4.69) is 31.4 Å². The Morgan fingerprint density at radius 3 is 2.79 bits per heavy atom. The average molecular weight is 408 g/mol. The van der Waals surface area contributed by atoms with Crippen LogP contribution in [0.3, 0.4) is 0 Å². The highest BCUT2D eigenvalue weighted by Crippen LogP contribution is 2.44. The largest absolute Gasteiger partial charge is 0.411 e. The Balaban J connectivity index is 1.30.